The fraction of sp³-hybridized carbons (Fsp3) is 0.593. The van der Waals surface area contributed by atoms with E-state index in [-0.39, 0.29) is 6.61 Å². The van der Waals surface area contributed by atoms with Gasteiger partial charge in [-0.1, -0.05) is 37.5 Å². The highest BCUT2D eigenvalue weighted by atomic mass is 16.5. The molecule has 5 heteroatoms. The van der Waals surface area contributed by atoms with E-state index in [1.54, 1.807) is 0 Å². The monoisotopic (exact) mass is 437 g/mol. The summed E-state index contributed by atoms with van der Waals surface area (Å²) < 4.78 is 5.64. The molecule has 1 aliphatic carbocycles. The van der Waals surface area contributed by atoms with Gasteiger partial charge in [-0.15, -0.1) is 0 Å². The molecule has 1 atom stereocenters. The maximum atomic E-state index is 9.06. The lowest BCUT2D eigenvalue weighted by Gasteiger charge is -2.41. The van der Waals surface area contributed by atoms with Gasteiger partial charge in [0.15, 0.2) is 0 Å². The fourth-order valence-electron chi connectivity index (χ4n) is 5.48. The number of hydrogen-bond acceptors (Lipinski definition) is 5. The number of aromatic nitrogens is 1. The molecule has 2 aliphatic rings. The van der Waals surface area contributed by atoms with Crippen LogP contribution in [0.5, 0.6) is 5.75 Å². The molecule has 0 radical (unpaired) electrons. The van der Waals surface area contributed by atoms with Crippen LogP contribution in [0.1, 0.15) is 56.1 Å². The van der Waals surface area contributed by atoms with Crippen LogP contribution in [0.2, 0.25) is 0 Å². The Morgan fingerprint density at radius 1 is 1.00 bits per heavy atom. The van der Waals surface area contributed by atoms with Gasteiger partial charge in [-0.25, -0.2) is 0 Å². The van der Waals surface area contributed by atoms with Gasteiger partial charge < -0.3 is 14.7 Å². The van der Waals surface area contributed by atoms with Crippen LogP contribution in [0.25, 0.3) is 0 Å². The highest BCUT2D eigenvalue weighted by Crippen LogP contribution is 2.28. The van der Waals surface area contributed by atoms with Crippen LogP contribution >= 0.6 is 0 Å². The van der Waals surface area contributed by atoms with Crippen molar-refractivity contribution in [2.75, 3.05) is 32.8 Å². The zero-order valence-electron chi connectivity index (χ0n) is 19.4. The van der Waals surface area contributed by atoms with Crippen LogP contribution in [0, 0.1) is 5.92 Å². The average Bonchev–Trinajstić information content (AvgIpc) is 2.84. The Bertz CT molecular complexity index is 794. The first kappa shape index (κ1) is 23.2. The Labute approximate surface area is 193 Å². The molecule has 32 heavy (non-hydrogen) atoms. The molecule has 2 fully saturated rings. The number of aliphatic hydroxyl groups is 1. The normalized spacial score (nSPS) is 20.5. The average molecular weight is 438 g/mol. The van der Waals surface area contributed by atoms with Crippen molar-refractivity contribution >= 4 is 0 Å². The number of likely N-dealkylation sites (tertiary alicyclic amines) is 1. The summed E-state index contributed by atoms with van der Waals surface area (Å²) in [6.45, 7) is 5.82. The molecule has 1 saturated carbocycles. The molecule has 0 spiro atoms. The van der Waals surface area contributed by atoms with E-state index in [1.165, 1.54) is 69.2 Å². The summed E-state index contributed by atoms with van der Waals surface area (Å²) >= 11 is 0. The maximum Gasteiger partial charge on any atom is 0.119 e. The van der Waals surface area contributed by atoms with Crippen LogP contribution in [0.3, 0.4) is 0 Å². The molecule has 1 N–H and O–H groups in total. The van der Waals surface area contributed by atoms with Gasteiger partial charge in [0, 0.05) is 44.6 Å². The van der Waals surface area contributed by atoms with E-state index in [0.29, 0.717) is 6.61 Å². The number of aliphatic hydroxyl groups excluding tert-OH is 1. The lowest BCUT2D eigenvalue weighted by molar-refractivity contribution is 0.0771. The van der Waals surface area contributed by atoms with E-state index >= 15 is 0 Å². The number of benzene rings is 1. The zero-order valence-corrected chi connectivity index (χ0v) is 19.4. The predicted octanol–water partition coefficient (Wildman–Crippen LogP) is 4.50. The van der Waals surface area contributed by atoms with Crippen molar-refractivity contribution in [2.24, 2.45) is 5.92 Å². The van der Waals surface area contributed by atoms with Crippen molar-refractivity contribution in [3.8, 4) is 5.75 Å². The second-order valence-electron chi connectivity index (χ2n) is 9.55. The number of pyridine rings is 1. The standard InChI is InChI=1S/C27H39N3O2/c31-15-16-32-27-12-4-7-23(17-27)19-29(20-24-8-5-13-28-18-24)21-25-9-6-14-30(22-25)26-10-2-1-3-11-26/h4-5,7-8,12-13,17-18,25-26,31H,1-3,6,9-11,14-16,19-22H2/t25-/m1/s1. The summed E-state index contributed by atoms with van der Waals surface area (Å²) in [7, 11) is 0. The van der Waals surface area contributed by atoms with Crippen molar-refractivity contribution < 1.29 is 9.84 Å². The minimum atomic E-state index is 0.0382. The summed E-state index contributed by atoms with van der Waals surface area (Å²) in [5.41, 5.74) is 2.52. The van der Waals surface area contributed by atoms with Gasteiger partial charge in [-0.05, 0) is 67.5 Å². The van der Waals surface area contributed by atoms with Crippen LogP contribution < -0.4 is 4.74 Å². The number of piperidine rings is 1. The highest BCUT2D eigenvalue weighted by Gasteiger charge is 2.28. The quantitative estimate of drug-likeness (QED) is 0.593. The van der Waals surface area contributed by atoms with Crippen molar-refractivity contribution in [2.45, 2.75) is 64.1 Å². The van der Waals surface area contributed by atoms with E-state index < -0.39 is 0 Å². The molecule has 0 bridgehead atoms. The molecule has 2 heterocycles. The number of ether oxygens (including phenoxy) is 1. The maximum absolute atomic E-state index is 9.06. The highest BCUT2D eigenvalue weighted by molar-refractivity contribution is 5.28. The van der Waals surface area contributed by atoms with Gasteiger partial charge in [-0.3, -0.25) is 9.88 Å². The smallest absolute Gasteiger partial charge is 0.119 e. The summed E-state index contributed by atoms with van der Waals surface area (Å²) in [5.74, 6) is 1.55. The lowest BCUT2D eigenvalue weighted by atomic mass is 9.90. The van der Waals surface area contributed by atoms with Gasteiger partial charge >= 0.3 is 0 Å². The van der Waals surface area contributed by atoms with Crippen molar-refractivity contribution in [3.63, 3.8) is 0 Å². The Balaban J connectivity index is 1.42. The summed E-state index contributed by atoms with van der Waals surface area (Å²) in [6, 6.07) is 13.3. The molecule has 4 rings (SSSR count). The van der Waals surface area contributed by atoms with Gasteiger partial charge in [-0.2, -0.15) is 0 Å². The number of nitrogens with zero attached hydrogens (tertiary/aromatic N) is 3. The Morgan fingerprint density at radius 3 is 2.66 bits per heavy atom. The zero-order chi connectivity index (χ0) is 22.0. The second-order valence-corrected chi connectivity index (χ2v) is 9.55. The van der Waals surface area contributed by atoms with Crippen LogP contribution in [0.4, 0.5) is 0 Å². The van der Waals surface area contributed by atoms with Crippen molar-refractivity contribution in [3.05, 3.63) is 59.9 Å². The Hall–Kier alpha value is -1.95. The molecule has 5 nitrogen and oxygen atoms in total. The molecule has 1 aromatic carbocycles. The van der Waals surface area contributed by atoms with Gasteiger partial charge in [0.25, 0.3) is 0 Å². The lowest BCUT2D eigenvalue weighted by Crippen LogP contribution is -2.46. The molecule has 2 aromatic rings. The predicted molar refractivity (Wildman–Crippen MR) is 129 cm³/mol. The third-order valence-electron chi connectivity index (χ3n) is 6.95. The summed E-state index contributed by atoms with van der Waals surface area (Å²) in [6.07, 6.45) is 13.5. The van der Waals surface area contributed by atoms with Crippen LogP contribution in [-0.4, -0.2) is 58.8 Å². The molecule has 1 saturated heterocycles. The molecular weight excluding hydrogens is 398 g/mol. The van der Waals surface area contributed by atoms with E-state index in [9.17, 15) is 0 Å². The Morgan fingerprint density at radius 2 is 1.84 bits per heavy atom. The van der Waals surface area contributed by atoms with E-state index in [0.717, 1.165) is 37.3 Å². The number of hydrogen-bond donors (Lipinski definition) is 1. The second kappa shape index (κ2) is 12.3. The Kier molecular flexibility index (Phi) is 8.95. The third-order valence-corrected chi connectivity index (χ3v) is 6.95. The van der Waals surface area contributed by atoms with Gasteiger partial charge in [0.2, 0.25) is 0 Å². The van der Waals surface area contributed by atoms with Crippen molar-refractivity contribution in [1.82, 2.24) is 14.8 Å². The minimum Gasteiger partial charge on any atom is -0.491 e. The summed E-state index contributed by atoms with van der Waals surface area (Å²) in [5, 5.41) is 9.06. The SMILES string of the molecule is OCCOc1cccc(CN(Cc2cccnc2)C[C@H]2CCCN(C3CCCCC3)C2)c1. The molecule has 0 amide bonds. The molecule has 174 valence electrons. The van der Waals surface area contributed by atoms with Crippen LogP contribution in [-0.2, 0) is 13.1 Å². The van der Waals surface area contributed by atoms with E-state index in [4.69, 9.17) is 9.84 Å². The fourth-order valence-corrected chi connectivity index (χ4v) is 5.48. The van der Waals surface area contributed by atoms with Gasteiger partial charge in [0.05, 0.1) is 6.61 Å². The molecular formula is C27H39N3O2. The van der Waals surface area contributed by atoms with Crippen LogP contribution in [0.15, 0.2) is 48.8 Å². The number of rotatable bonds is 10. The third kappa shape index (κ3) is 7.03. The first-order chi connectivity index (χ1) is 15.8. The summed E-state index contributed by atoms with van der Waals surface area (Å²) in [4.78, 5) is 9.72. The molecule has 1 aromatic heterocycles. The molecule has 1 aliphatic heterocycles. The van der Waals surface area contributed by atoms with E-state index in [2.05, 4.69) is 39.0 Å². The minimum absolute atomic E-state index is 0.0382. The topological polar surface area (TPSA) is 48.8 Å². The van der Waals surface area contributed by atoms with Gasteiger partial charge in [0.1, 0.15) is 12.4 Å². The van der Waals surface area contributed by atoms with E-state index in [1.807, 2.05) is 24.5 Å². The van der Waals surface area contributed by atoms with Crippen molar-refractivity contribution in [1.29, 1.82) is 0 Å². The molecule has 0 unspecified atom stereocenters. The first-order valence-corrected chi connectivity index (χ1v) is 12.5. The first-order valence-electron chi connectivity index (χ1n) is 12.5. The largest absolute Gasteiger partial charge is 0.491 e.